The van der Waals surface area contributed by atoms with E-state index in [-0.39, 0.29) is 24.4 Å². The summed E-state index contributed by atoms with van der Waals surface area (Å²) in [6.45, 7) is 6.37. The zero-order chi connectivity index (χ0) is 25.5. The zero-order valence-corrected chi connectivity index (χ0v) is 20.8. The van der Waals surface area contributed by atoms with Gasteiger partial charge in [0.15, 0.2) is 22.8 Å². The van der Waals surface area contributed by atoms with Crippen LogP contribution < -0.4 is 20.4 Å². The molecule has 12 heteroatoms. The summed E-state index contributed by atoms with van der Waals surface area (Å²) in [5.74, 6) is 1.55. The smallest absolute Gasteiger partial charge is 0.243 e. The maximum atomic E-state index is 12.8. The van der Waals surface area contributed by atoms with E-state index >= 15 is 0 Å². The summed E-state index contributed by atoms with van der Waals surface area (Å²) in [7, 11) is 0. The molecule has 1 fully saturated rings. The molecule has 0 radical (unpaired) electrons. The van der Waals surface area contributed by atoms with Crippen molar-refractivity contribution in [3.63, 3.8) is 0 Å². The zero-order valence-electron chi connectivity index (χ0n) is 20.8. The van der Waals surface area contributed by atoms with E-state index in [2.05, 4.69) is 32.5 Å². The van der Waals surface area contributed by atoms with Gasteiger partial charge in [-0.25, -0.2) is 4.98 Å². The van der Waals surface area contributed by atoms with Crippen LogP contribution in [0.5, 0.6) is 0 Å². The van der Waals surface area contributed by atoms with Crippen LogP contribution in [-0.4, -0.2) is 60.7 Å². The Morgan fingerprint density at radius 2 is 2.03 bits per heavy atom. The topological polar surface area (TPSA) is 126 Å². The third kappa shape index (κ3) is 4.34. The number of carbonyl (C=O) groups is 2. The molecular weight excluding hydrogens is 472 g/mol. The van der Waals surface area contributed by atoms with Crippen LogP contribution in [-0.2, 0) is 22.7 Å². The molecule has 0 aliphatic carbocycles. The van der Waals surface area contributed by atoms with E-state index in [1.54, 1.807) is 12.4 Å². The molecule has 1 aromatic carbocycles. The molecule has 190 valence electrons. The Morgan fingerprint density at radius 3 is 2.86 bits per heavy atom. The molecular formula is C25H28N10O2. The van der Waals surface area contributed by atoms with Gasteiger partial charge in [0.1, 0.15) is 0 Å². The second kappa shape index (κ2) is 9.19. The van der Waals surface area contributed by atoms with E-state index in [4.69, 9.17) is 9.97 Å². The predicted molar refractivity (Wildman–Crippen MR) is 140 cm³/mol. The van der Waals surface area contributed by atoms with Crippen molar-refractivity contribution in [1.82, 2.24) is 29.3 Å². The molecule has 4 aromatic rings. The Hall–Kier alpha value is -4.48. The van der Waals surface area contributed by atoms with Gasteiger partial charge in [-0.15, -0.1) is 0 Å². The van der Waals surface area contributed by atoms with Gasteiger partial charge in [0.05, 0.1) is 18.9 Å². The highest BCUT2D eigenvalue weighted by atomic mass is 16.2. The van der Waals surface area contributed by atoms with Crippen molar-refractivity contribution >= 4 is 46.2 Å². The summed E-state index contributed by atoms with van der Waals surface area (Å²) in [6.07, 6.45) is 4.53. The number of benzene rings is 1. The van der Waals surface area contributed by atoms with Crippen LogP contribution in [0.3, 0.4) is 0 Å². The molecule has 37 heavy (non-hydrogen) atoms. The number of amides is 2. The average molecular weight is 501 g/mol. The van der Waals surface area contributed by atoms with Gasteiger partial charge in [-0.05, 0) is 25.0 Å². The number of para-hydroxylation sites is 1. The van der Waals surface area contributed by atoms with Crippen molar-refractivity contribution in [3.05, 3.63) is 48.4 Å². The fourth-order valence-electron chi connectivity index (χ4n) is 4.99. The SMILES string of the molecule is CCn1cnc2c(N3CC(=O)Nc4ccccc4C3)nc(N3CCC(n4ccc(NC(C)=O)n4)C3)nc21. The summed E-state index contributed by atoms with van der Waals surface area (Å²) in [6, 6.07) is 9.74. The lowest BCUT2D eigenvalue weighted by Gasteiger charge is -2.24. The van der Waals surface area contributed by atoms with Gasteiger partial charge in [0.25, 0.3) is 0 Å². The molecule has 3 aromatic heterocycles. The number of anilines is 4. The van der Waals surface area contributed by atoms with E-state index in [1.807, 2.05) is 44.6 Å². The van der Waals surface area contributed by atoms with Gasteiger partial charge in [-0.1, -0.05) is 18.2 Å². The van der Waals surface area contributed by atoms with Crippen molar-refractivity contribution < 1.29 is 9.59 Å². The molecule has 12 nitrogen and oxygen atoms in total. The third-order valence-corrected chi connectivity index (χ3v) is 6.79. The molecule has 6 rings (SSSR count). The third-order valence-electron chi connectivity index (χ3n) is 6.79. The second-order valence-corrected chi connectivity index (χ2v) is 9.36. The van der Waals surface area contributed by atoms with Crippen LogP contribution in [0.25, 0.3) is 11.2 Å². The number of aromatic nitrogens is 6. The molecule has 2 aliphatic rings. The highest BCUT2D eigenvalue weighted by Gasteiger charge is 2.30. The Bertz CT molecular complexity index is 1490. The number of hydrogen-bond acceptors (Lipinski definition) is 8. The number of nitrogens with one attached hydrogen (secondary N) is 2. The lowest BCUT2D eigenvalue weighted by Crippen LogP contribution is -2.31. The average Bonchev–Trinajstić information content (AvgIpc) is 3.61. The normalized spacial score (nSPS) is 17.6. The lowest BCUT2D eigenvalue weighted by molar-refractivity contribution is -0.115. The minimum atomic E-state index is -0.148. The maximum absolute atomic E-state index is 12.8. The molecule has 2 N–H and O–H groups in total. The molecule has 2 aliphatic heterocycles. The van der Waals surface area contributed by atoms with Crippen molar-refractivity contribution in [2.45, 2.75) is 39.4 Å². The number of nitrogens with zero attached hydrogens (tertiary/aromatic N) is 8. The summed E-state index contributed by atoms with van der Waals surface area (Å²) in [5, 5.41) is 10.2. The van der Waals surface area contributed by atoms with Gasteiger partial charge in [-0.3, -0.25) is 14.3 Å². The molecule has 0 saturated carbocycles. The van der Waals surface area contributed by atoms with Gasteiger partial charge in [0.2, 0.25) is 17.8 Å². The highest BCUT2D eigenvalue weighted by Crippen LogP contribution is 2.32. The predicted octanol–water partition coefficient (Wildman–Crippen LogP) is 2.41. The molecule has 0 bridgehead atoms. The molecule has 0 spiro atoms. The largest absolute Gasteiger partial charge is 0.341 e. The molecule has 1 unspecified atom stereocenters. The van der Waals surface area contributed by atoms with Crippen molar-refractivity contribution in [2.75, 3.05) is 40.1 Å². The first-order valence-corrected chi connectivity index (χ1v) is 12.4. The second-order valence-electron chi connectivity index (χ2n) is 9.36. The fraction of sp³-hybridized carbons (Fsp3) is 0.360. The first-order valence-electron chi connectivity index (χ1n) is 12.4. The van der Waals surface area contributed by atoms with Crippen LogP contribution in [0, 0.1) is 0 Å². The van der Waals surface area contributed by atoms with Gasteiger partial charge in [-0.2, -0.15) is 15.1 Å². The summed E-state index contributed by atoms with van der Waals surface area (Å²) in [4.78, 5) is 42.8. The van der Waals surface area contributed by atoms with Crippen LogP contribution in [0.1, 0.15) is 31.9 Å². The van der Waals surface area contributed by atoms with E-state index in [9.17, 15) is 9.59 Å². The summed E-state index contributed by atoms with van der Waals surface area (Å²) in [5.41, 5.74) is 3.27. The number of aryl methyl sites for hydroxylation is 1. The summed E-state index contributed by atoms with van der Waals surface area (Å²) >= 11 is 0. The highest BCUT2D eigenvalue weighted by molar-refractivity contribution is 5.97. The Balaban J connectivity index is 1.34. The lowest BCUT2D eigenvalue weighted by atomic mass is 10.1. The van der Waals surface area contributed by atoms with Gasteiger partial charge >= 0.3 is 0 Å². The van der Waals surface area contributed by atoms with Crippen molar-refractivity contribution in [2.24, 2.45) is 0 Å². The number of hydrogen-bond donors (Lipinski definition) is 2. The molecule has 5 heterocycles. The molecule has 1 saturated heterocycles. The standard InChI is InChI=1S/C25H28N10O2/c1-3-32-15-26-22-23(32)29-25(33-10-8-18(13-33)35-11-9-20(31-35)27-16(2)36)30-24(22)34-12-17-6-4-5-7-19(17)28-21(37)14-34/h4-7,9,11,15,18H,3,8,10,12-14H2,1-2H3,(H,28,37)(H,27,31,36). The Kier molecular flexibility index (Phi) is 5.70. The number of fused-ring (bicyclic) bond motifs is 2. The fourth-order valence-corrected chi connectivity index (χ4v) is 4.99. The van der Waals surface area contributed by atoms with E-state index < -0.39 is 0 Å². The first-order chi connectivity index (χ1) is 18.0. The monoisotopic (exact) mass is 500 g/mol. The van der Waals surface area contributed by atoms with E-state index in [1.165, 1.54) is 6.92 Å². The molecule has 1 atom stereocenters. The molecule has 2 amide bonds. The number of rotatable bonds is 5. The quantitative estimate of drug-likeness (QED) is 0.428. The van der Waals surface area contributed by atoms with Crippen molar-refractivity contribution in [1.29, 1.82) is 0 Å². The Morgan fingerprint density at radius 1 is 1.16 bits per heavy atom. The van der Waals surface area contributed by atoms with E-state index in [0.29, 0.717) is 36.2 Å². The van der Waals surface area contributed by atoms with Crippen molar-refractivity contribution in [3.8, 4) is 0 Å². The van der Waals surface area contributed by atoms with Crippen LogP contribution in [0.4, 0.5) is 23.3 Å². The van der Waals surface area contributed by atoms with Crippen LogP contribution in [0.2, 0.25) is 0 Å². The number of carbonyl (C=O) groups excluding carboxylic acids is 2. The maximum Gasteiger partial charge on any atom is 0.243 e. The van der Waals surface area contributed by atoms with E-state index in [0.717, 1.165) is 36.4 Å². The number of imidazole rings is 1. The Labute approximate surface area is 213 Å². The van der Waals surface area contributed by atoms with Gasteiger partial charge < -0.3 is 25.0 Å². The van der Waals surface area contributed by atoms with Crippen LogP contribution in [0.15, 0.2) is 42.9 Å². The van der Waals surface area contributed by atoms with Gasteiger partial charge in [0, 0.05) is 51.1 Å². The van der Waals surface area contributed by atoms with Crippen LogP contribution >= 0.6 is 0 Å². The minimum Gasteiger partial charge on any atom is -0.341 e. The minimum absolute atomic E-state index is 0.0944. The first kappa shape index (κ1) is 23.0. The summed E-state index contributed by atoms with van der Waals surface area (Å²) < 4.78 is 3.88.